The second-order valence-electron chi connectivity index (χ2n) is 3.53. The summed E-state index contributed by atoms with van der Waals surface area (Å²) >= 11 is 0. The number of pyridine rings is 1. The number of aromatic nitrogens is 1. The maximum absolute atomic E-state index is 13.5. The molecule has 0 bridgehead atoms. The zero-order chi connectivity index (χ0) is 11.7. The molecule has 0 fully saturated rings. The van der Waals surface area contributed by atoms with E-state index in [0.717, 1.165) is 24.1 Å². The van der Waals surface area contributed by atoms with Crippen molar-refractivity contribution in [3.05, 3.63) is 35.4 Å². The highest BCUT2D eigenvalue weighted by Crippen LogP contribution is 2.24. The molecule has 0 saturated heterocycles. The minimum absolute atomic E-state index is 0.0709. The number of rotatable bonds is 2. The molecular formula is C12H12F2N2. The molecule has 2 aromatic rings. The Kier molecular flexibility index (Phi) is 2.73. The molecule has 84 valence electrons. The zero-order valence-corrected chi connectivity index (χ0v) is 9.14. The third-order valence-electron chi connectivity index (χ3n) is 2.58. The molecule has 1 N–H and O–H groups in total. The number of nitrogens with zero attached hydrogens (tertiary/aromatic N) is 1. The van der Waals surface area contributed by atoms with Crippen molar-refractivity contribution in [2.45, 2.75) is 13.3 Å². The monoisotopic (exact) mass is 222 g/mol. The number of nitrogens with one attached hydrogen (secondary N) is 1. The Morgan fingerprint density at radius 2 is 1.94 bits per heavy atom. The number of hydrogen-bond donors (Lipinski definition) is 1. The van der Waals surface area contributed by atoms with Crippen LogP contribution in [0, 0.1) is 11.6 Å². The van der Waals surface area contributed by atoms with Gasteiger partial charge in [-0.2, -0.15) is 0 Å². The predicted octanol–water partition coefficient (Wildman–Crippen LogP) is 3.12. The smallest absolute Gasteiger partial charge is 0.149 e. The van der Waals surface area contributed by atoms with Crippen LogP contribution in [-0.2, 0) is 6.42 Å². The molecule has 4 heteroatoms. The number of fused-ring (bicyclic) bond motifs is 1. The van der Waals surface area contributed by atoms with Gasteiger partial charge in [-0.15, -0.1) is 0 Å². The summed E-state index contributed by atoms with van der Waals surface area (Å²) in [5.41, 5.74) is 0.945. The fourth-order valence-corrected chi connectivity index (χ4v) is 1.72. The standard InChI is InChI=1S/C12H12F2N2/c1-3-7-6-8-9(13)4-5-10(14)11(8)16-12(7)15-2/h4-6H,3H2,1-2H3,(H,15,16). The summed E-state index contributed by atoms with van der Waals surface area (Å²) in [6.45, 7) is 1.95. The Hall–Kier alpha value is -1.71. The Labute approximate surface area is 92.3 Å². The molecule has 1 heterocycles. The van der Waals surface area contributed by atoms with Crippen LogP contribution >= 0.6 is 0 Å². The second kappa shape index (κ2) is 4.04. The van der Waals surface area contributed by atoms with Crippen LogP contribution in [0.2, 0.25) is 0 Å². The summed E-state index contributed by atoms with van der Waals surface area (Å²) in [5.74, 6) is -0.351. The number of benzene rings is 1. The first-order valence-electron chi connectivity index (χ1n) is 5.12. The largest absolute Gasteiger partial charge is 0.373 e. The van der Waals surface area contributed by atoms with Crippen molar-refractivity contribution in [3.8, 4) is 0 Å². The molecule has 0 atom stereocenters. The van der Waals surface area contributed by atoms with Gasteiger partial charge >= 0.3 is 0 Å². The van der Waals surface area contributed by atoms with E-state index >= 15 is 0 Å². The Balaban J connectivity index is 2.82. The first kappa shape index (κ1) is 10.8. The number of aryl methyl sites for hydroxylation is 1. The van der Waals surface area contributed by atoms with Gasteiger partial charge in [-0.25, -0.2) is 13.8 Å². The summed E-state index contributed by atoms with van der Waals surface area (Å²) in [5, 5.41) is 3.12. The van der Waals surface area contributed by atoms with Crippen LogP contribution in [0.3, 0.4) is 0 Å². The highest BCUT2D eigenvalue weighted by atomic mass is 19.1. The van der Waals surface area contributed by atoms with Crippen molar-refractivity contribution in [3.63, 3.8) is 0 Å². The number of anilines is 1. The van der Waals surface area contributed by atoms with E-state index in [0.29, 0.717) is 5.82 Å². The summed E-state index contributed by atoms with van der Waals surface area (Å²) < 4.78 is 27.0. The van der Waals surface area contributed by atoms with Gasteiger partial charge in [0.1, 0.15) is 23.0 Å². The van der Waals surface area contributed by atoms with Crippen molar-refractivity contribution in [1.82, 2.24) is 4.98 Å². The van der Waals surface area contributed by atoms with Crippen molar-refractivity contribution >= 4 is 16.7 Å². The first-order chi connectivity index (χ1) is 7.67. The van der Waals surface area contributed by atoms with E-state index in [1.807, 2.05) is 6.92 Å². The fourth-order valence-electron chi connectivity index (χ4n) is 1.72. The molecule has 1 aromatic heterocycles. The zero-order valence-electron chi connectivity index (χ0n) is 9.14. The van der Waals surface area contributed by atoms with E-state index in [4.69, 9.17) is 0 Å². The summed E-state index contributed by atoms with van der Waals surface area (Å²) in [6.07, 6.45) is 0.717. The average molecular weight is 222 g/mol. The van der Waals surface area contributed by atoms with Crippen LogP contribution in [-0.4, -0.2) is 12.0 Å². The van der Waals surface area contributed by atoms with E-state index < -0.39 is 11.6 Å². The van der Waals surface area contributed by atoms with Crippen molar-refractivity contribution in [2.75, 3.05) is 12.4 Å². The lowest BCUT2D eigenvalue weighted by Crippen LogP contribution is -2.00. The van der Waals surface area contributed by atoms with Crippen molar-refractivity contribution in [2.24, 2.45) is 0 Å². The van der Waals surface area contributed by atoms with Gasteiger partial charge in [0.2, 0.25) is 0 Å². The van der Waals surface area contributed by atoms with E-state index in [2.05, 4.69) is 10.3 Å². The lowest BCUT2D eigenvalue weighted by molar-refractivity contribution is 0.615. The van der Waals surface area contributed by atoms with Crippen molar-refractivity contribution < 1.29 is 8.78 Å². The summed E-state index contributed by atoms with van der Waals surface area (Å²) in [6, 6.07) is 3.86. The van der Waals surface area contributed by atoms with Crippen LogP contribution in [0.25, 0.3) is 10.9 Å². The molecule has 0 aliphatic carbocycles. The third kappa shape index (κ3) is 1.60. The van der Waals surface area contributed by atoms with E-state index in [9.17, 15) is 8.78 Å². The maximum Gasteiger partial charge on any atom is 0.149 e. The van der Waals surface area contributed by atoms with Crippen molar-refractivity contribution in [1.29, 1.82) is 0 Å². The summed E-state index contributed by atoms with van der Waals surface area (Å²) in [4.78, 5) is 4.10. The lowest BCUT2D eigenvalue weighted by Gasteiger charge is -2.09. The SMILES string of the molecule is CCc1cc2c(F)ccc(F)c2nc1NC. The molecule has 0 aliphatic heterocycles. The molecule has 2 nitrogen and oxygen atoms in total. The second-order valence-corrected chi connectivity index (χ2v) is 3.53. The minimum atomic E-state index is -0.504. The van der Waals surface area contributed by atoms with Gasteiger partial charge in [-0.05, 0) is 30.2 Å². The molecule has 0 saturated carbocycles. The molecule has 0 radical (unpaired) electrons. The van der Waals surface area contributed by atoms with Crippen LogP contribution in [0.15, 0.2) is 18.2 Å². The summed E-state index contributed by atoms with van der Waals surface area (Å²) in [7, 11) is 1.71. The van der Waals surface area contributed by atoms with Crippen LogP contribution in [0.5, 0.6) is 0 Å². The fraction of sp³-hybridized carbons (Fsp3) is 0.250. The highest BCUT2D eigenvalue weighted by Gasteiger charge is 2.11. The van der Waals surface area contributed by atoms with Gasteiger partial charge < -0.3 is 5.32 Å². The predicted molar refractivity (Wildman–Crippen MR) is 60.6 cm³/mol. The van der Waals surface area contributed by atoms with E-state index in [-0.39, 0.29) is 10.9 Å². The quantitative estimate of drug-likeness (QED) is 0.844. The van der Waals surface area contributed by atoms with Gasteiger partial charge in [0, 0.05) is 12.4 Å². The third-order valence-corrected chi connectivity index (χ3v) is 2.58. The lowest BCUT2D eigenvalue weighted by atomic mass is 10.1. The molecule has 16 heavy (non-hydrogen) atoms. The van der Waals surface area contributed by atoms with Crippen LogP contribution < -0.4 is 5.32 Å². The van der Waals surface area contributed by atoms with Gasteiger partial charge in [0.15, 0.2) is 0 Å². The first-order valence-corrected chi connectivity index (χ1v) is 5.12. The average Bonchev–Trinajstić information content (AvgIpc) is 2.32. The molecule has 0 unspecified atom stereocenters. The Bertz CT molecular complexity index is 490. The molecule has 0 amide bonds. The van der Waals surface area contributed by atoms with Gasteiger partial charge in [0.05, 0.1) is 0 Å². The molecular weight excluding hydrogens is 210 g/mol. The van der Waals surface area contributed by atoms with Crippen LogP contribution in [0.4, 0.5) is 14.6 Å². The van der Waals surface area contributed by atoms with Gasteiger partial charge in [0.25, 0.3) is 0 Å². The number of hydrogen-bond acceptors (Lipinski definition) is 2. The highest BCUT2D eigenvalue weighted by molar-refractivity contribution is 5.82. The van der Waals surface area contributed by atoms with Gasteiger partial charge in [-0.3, -0.25) is 0 Å². The van der Waals surface area contributed by atoms with Gasteiger partial charge in [-0.1, -0.05) is 6.92 Å². The Morgan fingerprint density at radius 1 is 1.25 bits per heavy atom. The van der Waals surface area contributed by atoms with Crippen LogP contribution in [0.1, 0.15) is 12.5 Å². The number of halogens is 2. The topological polar surface area (TPSA) is 24.9 Å². The normalized spacial score (nSPS) is 10.8. The van der Waals surface area contributed by atoms with E-state index in [1.165, 1.54) is 0 Å². The maximum atomic E-state index is 13.5. The molecule has 0 aliphatic rings. The minimum Gasteiger partial charge on any atom is -0.373 e. The molecule has 0 spiro atoms. The Morgan fingerprint density at radius 3 is 2.56 bits per heavy atom. The molecule has 1 aromatic carbocycles. The van der Waals surface area contributed by atoms with E-state index in [1.54, 1.807) is 13.1 Å². The molecule has 2 rings (SSSR count).